The molecule has 0 aromatic carbocycles. The normalized spacial score (nSPS) is 20.9. The fourth-order valence-electron chi connectivity index (χ4n) is 1.21. The summed E-state index contributed by atoms with van der Waals surface area (Å²) in [6, 6.07) is 0. The van der Waals surface area contributed by atoms with E-state index in [2.05, 4.69) is 13.8 Å². The van der Waals surface area contributed by atoms with Gasteiger partial charge in [0.25, 0.3) is 0 Å². The van der Waals surface area contributed by atoms with E-state index in [-0.39, 0.29) is 5.78 Å². The fraction of sp³-hybridized carbons (Fsp3) is 0.700. The Hall–Kier alpha value is -0.790. The van der Waals surface area contributed by atoms with E-state index in [1.54, 1.807) is 6.26 Å². The average Bonchev–Trinajstić information content (AvgIpc) is 2.36. The van der Waals surface area contributed by atoms with E-state index in [4.69, 9.17) is 4.74 Å². The third-order valence-corrected chi connectivity index (χ3v) is 1.86. The zero-order valence-electron chi connectivity index (χ0n) is 7.80. The molecule has 1 fully saturated rings. The number of hydrogen-bond donors (Lipinski definition) is 0. The Bertz CT molecular complexity index is 192. The third-order valence-electron chi connectivity index (χ3n) is 1.86. The van der Waals surface area contributed by atoms with Crippen molar-refractivity contribution in [2.45, 2.75) is 33.1 Å². The number of ketones is 1. The highest BCUT2D eigenvalue weighted by Gasteiger charge is 2.16. The van der Waals surface area contributed by atoms with Gasteiger partial charge in [0.2, 0.25) is 0 Å². The number of Topliss-reactive ketones (excluding diaryl/α,β-unsaturated/α-hetero) is 1. The molecule has 0 saturated heterocycles. The van der Waals surface area contributed by atoms with Crippen LogP contribution < -0.4 is 0 Å². The Kier molecular flexibility index (Phi) is 3.32. The monoisotopic (exact) mass is 168 g/mol. The van der Waals surface area contributed by atoms with Crippen LogP contribution in [0.5, 0.6) is 0 Å². The molecule has 0 bridgehead atoms. The SMILES string of the molecule is CC(C)CO/C=C1/CCCC1=O. The van der Waals surface area contributed by atoms with Crippen molar-refractivity contribution < 1.29 is 9.53 Å². The minimum atomic E-state index is 0.263. The molecule has 0 aromatic heterocycles. The van der Waals surface area contributed by atoms with E-state index >= 15 is 0 Å². The zero-order valence-corrected chi connectivity index (χ0v) is 7.80. The molecule has 68 valence electrons. The van der Waals surface area contributed by atoms with Gasteiger partial charge in [0.1, 0.15) is 0 Å². The average molecular weight is 168 g/mol. The first-order valence-electron chi connectivity index (χ1n) is 4.54. The molecule has 12 heavy (non-hydrogen) atoms. The molecule has 1 rings (SSSR count). The van der Waals surface area contributed by atoms with Crippen molar-refractivity contribution in [2.24, 2.45) is 5.92 Å². The topological polar surface area (TPSA) is 26.3 Å². The van der Waals surface area contributed by atoms with Gasteiger partial charge in [-0.3, -0.25) is 4.79 Å². The van der Waals surface area contributed by atoms with Crippen molar-refractivity contribution in [3.05, 3.63) is 11.8 Å². The third kappa shape index (κ3) is 2.68. The Morgan fingerprint density at radius 3 is 2.75 bits per heavy atom. The van der Waals surface area contributed by atoms with Crippen molar-refractivity contribution in [3.8, 4) is 0 Å². The highest BCUT2D eigenvalue weighted by Crippen LogP contribution is 2.20. The fourth-order valence-corrected chi connectivity index (χ4v) is 1.21. The van der Waals surface area contributed by atoms with Crippen LogP contribution in [0.15, 0.2) is 11.8 Å². The summed E-state index contributed by atoms with van der Waals surface area (Å²) in [4.78, 5) is 11.1. The summed E-state index contributed by atoms with van der Waals surface area (Å²) in [6.07, 6.45) is 4.25. The van der Waals surface area contributed by atoms with Crippen molar-refractivity contribution in [1.29, 1.82) is 0 Å². The molecule has 0 aliphatic heterocycles. The van der Waals surface area contributed by atoms with Crippen LogP contribution in [0.2, 0.25) is 0 Å². The molecule has 0 atom stereocenters. The standard InChI is InChI=1S/C10H16O2/c1-8(2)6-12-7-9-4-3-5-10(9)11/h7-8H,3-6H2,1-2H3/b9-7-. The first-order chi connectivity index (χ1) is 5.70. The summed E-state index contributed by atoms with van der Waals surface area (Å²) in [5.74, 6) is 0.789. The van der Waals surface area contributed by atoms with Gasteiger partial charge in [-0.2, -0.15) is 0 Å². The first kappa shape index (κ1) is 9.30. The molecule has 0 heterocycles. The maximum absolute atomic E-state index is 11.1. The second-order valence-electron chi connectivity index (χ2n) is 3.65. The Labute approximate surface area is 73.6 Å². The Morgan fingerprint density at radius 1 is 1.50 bits per heavy atom. The molecular weight excluding hydrogens is 152 g/mol. The Balaban J connectivity index is 2.31. The first-order valence-corrected chi connectivity index (χ1v) is 4.54. The summed E-state index contributed by atoms with van der Waals surface area (Å²) < 4.78 is 5.27. The lowest BCUT2D eigenvalue weighted by Gasteiger charge is -2.03. The predicted octanol–water partition coefficient (Wildman–Crippen LogP) is 2.30. The molecule has 0 aromatic rings. The van der Waals surface area contributed by atoms with Gasteiger partial charge < -0.3 is 4.74 Å². The molecule has 0 radical (unpaired) electrons. The smallest absolute Gasteiger partial charge is 0.161 e. The minimum absolute atomic E-state index is 0.263. The number of ether oxygens (including phenoxy) is 1. The highest BCUT2D eigenvalue weighted by atomic mass is 16.5. The van der Waals surface area contributed by atoms with Crippen molar-refractivity contribution in [2.75, 3.05) is 6.61 Å². The van der Waals surface area contributed by atoms with E-state index in [1.807, 2.05) is 0 Å². The van der Waals surface area contributed by atoms with Crippen LogP contribution in [0, 0.1) is 5.92 Å². The number of hydrogen-bond acceptors (Lipinski definition) is 2. The van der Waals surface area contributed by atoms with Crippen LogP contribution in [-0.4, -0.2) is 12.4 Å². The summed E-state index contributed by atoms with van der Waals surface area (Å²) in [5.41, 5.74) is 0.871. The molecule has 2 heteroatoms. The van der Waals surface area contributed by atoms with Crippen molar-refractivity contribution >= 4 is 5.78 Å². The second-order valence-corrected chi connectivity index (χ2v) is 3.65. The molecule has 0 spiro atoms. The number of rotatable bonds is 3. The molecule has 0 unspecified atom stereocenters. The number of carbonyl (C=O) groups excluding carboxylic acids is 1. The van der Waals surface area contributed by atoms with Crippen LogP contribution in [-0.2, 0) is 9.53 Å². The second kappa shape index (κ2) is 4.29. The largest absolute Gasteiger partial charge is 0.501 e. The van der Waals surface area contributed by atoms with E-state index in [9.17, 15) is 4.79 Å². The molecule has 1 aliphatic rings. The molecule has 2 nitrogen and oxygen atoms in total. The predicted molar refractivity (Wildman–Crippen MR) is 47.7 cm³/mol. The van der Waals surface area contributed by atoms with Crippen LogP contribution >= 0.6 is 0 Å². The number of carbonyl (C=O) groups is 1. The summed E-state index contributed by atoms with van der Waals surface area (Å²) in [5, 5.41) is 0. The van der Waals surface area contributed by atoms with Crippen LogP contribution in [0.1, 0.15) is 33.1 Å². The lowest BCUT2D eigenvalue weighted by molar-refractivity contribution is -0.114. The quantitative estimate of drug-likeness (QED) is 0.477. The van der Waals surface area contributed by atoms with Gasteiger partial charge in [0.05, 0.1) is 12.9 Å². The maximum Gasteiger partial charge on any atom is 0.161 e. The van der Waals surface area contributed by atoms with Crippen LogP contribution in [0.25, 0.3) is 0 Å². The lowest BCUT2D eigenvalue weighted by atomic mass is 10.2. The van der Waals surface area contributed by atoms with Gasteiger partial charge in [0.15, 0.2) is 5.78 Å². The summed E-state index contributed by atoms with van der Waals surface area (Å²) in [7, 11) is 0. The zero-order chi connectivity index (χ0) is 8.97. The molecule has 1 saturated carbocycles. The molecular formula is C10H16O2. The lowest BCUT2D eigenvalue weighted by Crippen LogP contribution is -1.99. The van der Waals surface area contributed by atoms with Gasteiger partial charge >= 0.3 is 0 Å². The minimum Gasteiger partial charge on any atom is -0.501 e. The summed E-state index contributed by atoms with van der Waals surface area (Å²) in [6.45, 7) is 4.89. The van der Waals surface area contributed by atoms with E-state index in [1.165, 1.54) is 0 Å². The van der Waals surface area contributed by atoms with Crippen molar-refractivity contribution in [3.63, 3.8) is 0 Å². The molecule has 0 amide bonds. The molecule has 0 N–H and O–H groups in total. The van der Waals surface area contributed by atoms with Gasteiger partial charge in [-0.05, 0) is 18.8 Å². The van der Waals surface area contributed by atoms with Crippen LogP contribution in [0.4, 0.5) is 0 Å². The van der Waals surface area contributed by atoms with Gasteiger partial charge in [-0.15, -0.1) is 0 Å². The summed E-state index contributed by atoms with van der Waals surface area (Å²) >= 11 is 0. The van der Waals surface area contributed by atoms with E-state index < -0.39 is 0 Å². The van der Waals surface area contributed by atoms with E-state index in [0.717, 1.165) is 18.4 Å². The maximum atomic E-state index is 11.1. The van der Waals surface area contributed by atoms with Crippen LogP contribution in [0.3, 0.4) is 0 Å². The van der Waals surface area contributed by atoms with Gasteiger partial charge in [0, 0.05) is 12.0 Å². The number of allylic oxidation sites excluding steroid dienone is 1. The highest BCUT2D eigenvalue weighted by molar-refractivity contribution is 5.97. The van der Waals surface area contributed by atoms with Gasteiger partial charge in [-0.1, -0.05) is 13.8 Å². The van der Waals surface area contributed by atoms with E-state index in [0.29, 0.717) is 18.9 Å². The molecule has 1 aliphatic carbocycles. The Morgan fingerprint density at radius 2 is 2.25 bits per heavy atom. The van der Waals surface area contributed by atoms with Crippen molar-refractivity contribution in [1.82, 2.24) is 0 Å². The van der Waals surface area contributed by atoms with Gasteiger partial charge in [-0.25, -0.2) is 0 Å².